The van der Waals surface area contributed by atoms with Crippen LogP contribution in [0.4, 0.5) is 17.2 Å². The van der Waals surface area contributed by atoms with Gasteiger partial charge in [0.25, 0.3) is 5.91 Å². The van der Waals surface area contributed by atoms with Gasteiger partial charge in [0.2, 0.25) is 0 Å². The quantitative estimate of drug-likeness (QED) is 0.132. The molecule has 0 atom stereocenters. The smallest absolute Gasteiger partial charge is 0.255 e. The number of hydrogen-bond acceptors (Lipinski definition) is 8. The second-order valence-corrected chi connectivity index (χ2v) is 11.1. The molecule has 0 bridgehead atoms. The number of ether oxygens (including phenoxy) is 2. The highest BCUT2D eigenvalue weighted by Gasteiger charge is 2.16. The molecular formula is C37H33N5O4. The summed E-state index contributed by atoms with van der Waals surface area (Å²) < 4.78 is 12.2. The molecule has 0 aliphatic heterocycles. The average molecular weight is 612 g/mol. The number of carbonyl (C=O) groups is 1. The SMILES string of the molecule is Cc1ccc(O)c(NC(=O)c2ccc(Oc3ccc(OCc4ccccc4)cc3)c(Nc3ncnc4nc(C(C)C)ccc34)c2)c1. The van der Waals surface area contributed by atoms with Crippen LogP contribution in [-0.2, 0) is 6.61 Å². The fraction of sp³-hybridized carbons (Fsp3) is 0.135. The number of pyridine rings is 1. The number of anilines is 3. The van der Waals surface area contributed by atoms with Crippen molar-refractivity contribution in [3.05, 3.63) is 132 Å². The first-order valence-electron chi connectivity index (χ1n) is 14.9. The van der Waals surface area contributed by atoms with Gasteiger partial charge in [0.05, 0.1) is 16.8 Å². The van der Waals surface area contributed by atoms with E-state index < -0.39 is 5.91 Å². The summed E-state index contributed by atoms with van der Waals surface area (Å²) in [5.74, 6) is 2.09. The molecule has 0 unspecified atom stereocenters. The number of fused-ring (bicyclic) bond motifs is 1. The van der Waals surface area contributed by atoms with E-state index >= 15 is 0 Å². The molecule has 0 saturated heterocycles. The molecule has 230 valence electrons. The highest BCUT2D eigenvalue weighted by molar-refractivity contribution is 6.06. The Balaban J connectivity index is 1.29. The summed E-state index contributed by atoms with van der Waals surface area (Å²) in [6.07, 6.45) is 1.45. The number of nitrogens with zero attached hydrogens (tertiary/aromatic N) is 3. The lowest BCUT2D eigenvalue weighted by atomic mass is 10.1. The van der Waals surface area contributed by atoms with Gasteiger partial charge < -0.3 is 25.2 Å². The van der Waals surface area contributed by atoms with Gasteiger partial charge in [-0.15, -0.1) is 0 Å². The molecular weight excluding hydrogens is 578 g/mol. The number of nitrogens with one attached hydrogen (secondary N) is 2. The van der Waals surface area contributed by atoms with Crippen molar-refractivity contribution in [3.63, 3.8) is 0 Å². The van der Waals surface area contributed by atoms with E-state index in [0.717, 1.165) is 22.2 Å². The number of rotatable bonds is 10. The summed E-state index contributed by atoms with van der Waals surface area (Å²) in [7, 11) is 0. The third kappa shape index (κ3) is 7.05. The van der Waals surface area contributed by atoms with Crippen LogP contribution in [0.5, 0.6) is 23.0 Å². The maximum Gasteiger partial charge on any atom is 0.255 e. The monoisotopic (exact) mass is 611 g/mol. The minimum Gasteiger partial charge on any atom is -0.506 e. The number of phenols is 1. The standard InChI is InChI=1S/C37H33N5O4/c1-23(2)30-16-15-29-35(40-30)38-22-39-36(29)41-32-20-26(37(44)42-31-19-24(3)9-17-33(31)43)10-18-34(32)46-28-13-11-27(12-14-28)45-21-25-7-5-4-6-8-25/h4-20,22-23,43H,21H2,1-3H3,(H,42,44)(H,38,39,40,41). The van der Waals surface area contributed by atoms with Crippen LogP contribution in [0, 0.1) is 6.92 Å². The molecule has 0 aliphatic carbocycles. The van der Waals surface area contributed by atoms with Crippen molar-refractivity contribution < 1.29 is 19.4 Å². The summed E-state index contributed by atoms with van der Waals surface area (Å²) >= 11 is 0. The zero-order valence-electron chi connectivity index (χ0n) is 25.7. The van der Waals surface area contributed by atoms with E-state index in [0.29, 0.717) is 52.3 Å². The number of carbonyl (C=O) groups excluding carboxylic acids is 1. The van der Waals surface area contributed by atoms with E-state index in [1.54, 1.807) is 36.4 Å². The van der Waals surface area contributed by atoms with E-state index in [1.165, 1.54) is 6.33 Å². The Hall–Kier alpha value is -5.96. The van der Waals surface area contributed by atoms with Crippen LogP contribution in [0.3, 0.4) is 0 Å². The van der Waals surface area contributed by atoms with Crippen molar-refractivity contribution in [1.82, 2.24) is 15.0 Å². The first-order chi connectivity index (χ1) is 22.3. The van der Waals surface area contributed by atoms with Crippen LogP contribution in [0.25, 0.3) is 11.0 Å². The number of benzene rings is 4. The van der Waals surface area contributed by atoms with Gasteiger partial charge in [-0.2, -0.15) is 0 Å². The van der Waals surface area contributed by atoms with Gasteiger partial charge >= 0.3 is 0 Å². The molecule has 6 rings (SSSR count). The molecule has 46 heavy (non-hydrogen) atoms. The second kappa shape index (κ2) is 13.4. The molecule has 2 heterocycles. The maximum atomic E-state index is 13.3. The topological polar surface area (TPSA) is 118 Å². The van der Waals surface area contributed by atoms with Gasteiger partial charge in [-0.25, -0.2) is 15.0 Å². The predicted molar refractivity (Wildman–Crippen MR) is 179 cm³/mol. The Kier molecular flexibility index (Phi) is 8.73. The third-order valence-electron chi connectivity index (χ3n) is 7.31. The van der Waals surface area contributed by atoms with Crippen LogP contribution in [-0.4, -0.2) is 26.0 Å². The molecule has 0 saturated carbocycles. The first kappa shape index (κ1) is 30.1. The molecule has 9 nitrogen and oxygen atoms in total. The van der Waals surface area contributed by atoms with Gasteiger partial charge in [-0.05, 0) is 90.7 Å². The van der Waals surface area contributed by atoms with E-state index in [-0.39, 0.29) is 11.7 Å². The normalized spacial score (nSPS) is 11.0. The Morgan fingerprint density at radius 1 is 0.848 bits per heavy atom. The molecule has 3 N–H and O–H groups in total. The van der Waals surface area contributed by atoms with E-state index in [4.69, 9.17) is 14.5 Å². The fourth-order valence-electron chi connectivity index (χ4n) is 4.78. The van der Waals surface area contributed by atoms with Crippen molar-refractivity contribution in [2.24, 2.45) is 0 Å². The molecule has 2 aromatic heterocycles. The molecule has 1 amide bonds. The van der Waals surface area contributed by atoms with Crippen molar-refractivity contribution >= 4 is 34.1 Å². The molecule has 0 aliphatic rings. The van der Waals surface area contributed by atoms with Gasteiger partial charge in [0, 0.05) is 11.3 Å². The average Bonchev–Trinajstić information content (AvgIpc) is 3.07. The number of phenolic OH excluding ortho intramolecular Hbond substituents is 1. The van der Waals surface area contributed by atoms with E-state index in [1.807, 2.05) is 73.7 Å². The molecule has 0 radical (unpaired) electrons. The number of aromatic hydroxyl groups is 1. The predicted octanol–water partition coefficient (Wildman–Crippen LogP) is 8.53. The Morgan fingerprint density at radius 3 is 2.41 bits per heavy atom. The highest BCUT2D eigenvalue weighted by atomic mass is 16.5. The minimum absolute atomic E-state index is 0.0193. The first-order valence-corrected chi connectivity index (χ1v) is 14.9. The number of aromatic nitrogens is 3. The van der Waals surface area contributed by atoms with Crippen molar-refractivity contribution in [3.8, 4) is 23.0 Å². The number of hydrogen-bond donors (Lipinski definition) is 3. The maximum absolute atomic E-state index is 13.3. The Bertz CT molecular complexity index is 2000. The molecule has 0 fully saturated rings. The second-order valence-electron chi connectivity index (χ2n) is 11.1. The van der Waals surface area contributed by atoms with Crippen LogP contribution >= 0.6 is 0 Å². The number of aryl methyl sites for hydroxylation is 1. The van der Waals surface area contributed by atoms with Crippen molar-refractivity contribution in [2.75, 3.05) is 10.6 Å². The van der Waals surface area contributed by atoms with Crippen molar-refractivity contribution in [2.45, 2.75) is 33.3 Å². The van der Waals surface area contributed by atoms with Crippen LogP contribution in [0.15, 0.2) is 109 Å². The fourth-order valence-corrected chi connectivity index (χ4v) is 4.78. The van der Waals surface area contributed by atoms with Gasteiger partial charge in [-0.3, -0.25) is 4.79 Å². The largest absolute Gasteiger partial charge is 0.506 e. The highest BCUT2D eigenvalue weighted by Crippen LogP contribution is 2.35. The summed E-state index contributed by atoms with van der Waals surface area (Å²) in [5, 5.41) is 17.1. The van der Waals surface area contributed by atoms with Crippen LogP contribution < -0.4 is 20.1 Å². The summed E-state index contributed by atoms with van der Waals surface area (Å²) in [6.45, 7) is 6.50. The zero-order chi connectivity index (χ0) is 32.0. The Morgan fingerprint density at radius 2 is 1.63 bits per heavy atom. The lowest BCUT2D eigenvalue weighted by molar-refractivity contribution is 0.102. The number of amides is 1. The van der Waals surface area contributed by atoms with Gasteiger partial charge in [0.1, 0.15) is 36.0 Å². The molecule has 0 spiro atoms. The molecule has 6 aromatic rings. The lowest BCUT2D eigenvalue weighted by Crippen LogP contribution is -2.12. The third-order valence-corrected chi connectivity index (χ3v) is 7.31. The summed E-state index contributed by atoms with van der Waals surface area (Å²) in [4.78, 5) is 26.9. The summed E-state index contributed by atoms with van der Waals surface area (Å²) in [6, 6.07) is 31.3. The van der Waals surface area contributed by atoms with Crippen LogP contribution in [0.2, 0.25) is 0 Å². The lowest BCUT2D eigenvalue weighted by Gasteiger charge is -2.16. The zero-order valence-corrected chi connectivity index (χ0v) is 25.7. The summed E-state index contributed by atoms with van der Waals surface area (Å²) in [5.41, 5.74) is 4.63. The van der Waals surface area contributed by atoms with E-state index in [2.05, 4.69) is 34.4 Å². The van der Waals surface area contributed by atoms with Crippen molar-refractivity contribution in [1.29, 1.82) is 0 Å². The van der Waals surface area contributed by atoms with Gasteiger partial charge in [-0.1, -0.05) is 50.2 Å². The Labute approximate surface area is 266 Å². The van der Waals surface area contributed by atoms with E-state index in [9.17, 15) is 9.90 Å². The van der Waals surface area contributed by atoms with Crippen LogP contribution in [0.1, 0.15) is 46.9 Å². The molecule has 9 heteroatoms. The minimum atomic E-state index is -0.397. The molecule has 4 aromatic carbocycles. The van der Waals surface area contributed by atoms with Gasteiger partial charge in [0.15, 0.2) is 11.4 Å².